The summed E-state index contributed by atoms with van der Waals surface area (Å²) in [5, 5.41) is 10.0. The quantitative estimate of drug-likeness (QED) is 0.818. The lowest BCUT2D eigenvalue weighted by Crippen LogP contribution is -2.62. The van der Waals surface area contributed by atoms with Crippen LogP contribution in [0.2, 0.25) is 0 Å². The molecule has 82 valence electrons. The van der Waals surface area contributed by atoms with Crippen molar-refractivity contribution in [3.63, 3.8) is 0 Å². The Bertz CT molecular complexity index is 345. The van der Waals surface area contributed by atoms with Crippen LogP contribution in [0, 0.1) is 6.92 Å². The molecule has 0 saturated carbocycles. The number of aliphatic hydroxyl groups is 1. The summed E-state index contributed by atoms with van der Waals surface area (Å²) in [5.41, 5.74) is 0.742. The largest absolute Gasteiger partial charge is 0.386 e. The molecule has 1 fully saturated rings. The molecular weight excluding hydrogens is 188 g/mol. The highest BCUT2D eigenvalue weighted by Crippen LogP contribution is 2.29. The number of β-amino-alcohol motifs (C(OH)–C–C–N with tert-alkyl or cyclic N) is 1. The van der Waals surface area contributed by atoms with Crippen LogP contribution in [0.4, 0.5) is 5.82 Å². The minimum absolute atomic E-state index is 0.472. The Kier molecular flexibility index (Phi) is 2.65. The van der Waals surface area contributed by atoms with Gasteiger partial charge in [0.1, 0.15) is 5.82 Å². The van der Waals surface area contributed by atoms with E-state index in [0.717, 1.165) is 31.7 Å². The summed E-state index contributed by atoms with van der Waals surface area (Å²) in [5.74, 6) is 0.982. The molecule has 1 aliphatic heterocycles. The van der Waals surface area contributed by atoms with Crippen molar-refractivity contribution >= 4 is 5.82 Å². The summed E-state index contributed by atoms with van der Waals surface area (Å²) in [7, 11) is 0. The summed E-state index contributed by atoms with van der Waals surface area (Å²) in [4.78, 5) is 6.43. The lowest BCUT2D eigenvalue weighted by atomic mass is 9.89. The third kappa shape index (κ3) is 2.12. The predicted molar refractivity (Wildman–Crippen MR) is 61.0 cm³/mol. The lowest BCUT2D eigenvalue weighted by molar-refractivity contribution is 0.00294. The first-order valence-electron chi connectivity index (χ1n) is 5.53. The summed E-state index contributed by atoms with van der Waals surface area (Å²) in [6.07, 6.45) is 3.74. The molecule has 1 N–H and O–H groups in total. The van der Waals surface area contributed by atoms with Gasteiger partial charge in [-0.25, -0.2) is 4.98 Å². The standard InChI is InChI=1S/C12H18N2O/c1-3-5-12(15)8-14(9-12)11-7-10(2)4-6-13-11/h4,6-7,15H,3,5,8-9H2,1-2H3. The molecule has 1 saturated heterocycles. The highest BCUT2D eigenvalue weighted by Gasteiger charge is 2.40. The van der Waals surface area contributed by atoms with Crippen LogP contribution in [0.25, 0.3) is 0 Å². The first-order chi connectivity index (χ1) is 7.13. The van der Waals surface area contributed by atoms with E-state index in [2.05, 4.69) is 29.8 Å². The Morgan fingerprint density at radius 2 is 2.27 bits per heavy atom. The van der Waals surface area contributed by atoms with E-state index in [4.69, 9.17) is 0 Å². The Labute approximate surface area is 90.8 Å². The van der Waals surface area contributed by atoms with E-state index in [1.807, 2.05) is 12.3 Å². The lowest BCUT2D eigenvalue weighted by Gasteiger charge is -2.47. The fourth-order valence-corrected chi connectivity index (χ4v) is 2.14. The zero-order valence-electron chi connectivity index (χ0n) is 9.40. The van der Waals surface area contributed by atoms with Gasteiger partial charge in [-0.15, -0.1) is 0 Å². The first kappa shape index (κ1) is 10.4. The molecule has 1 aromatic heterocycles. The molecule has 2 rings (SSSR count). The van der Waals surface area contributed by atoms with Gasteiger partial charge in [-0.1, -0.05) is 13.3 Å². The van der Waals surface area contributed by atoms with Gasteiger partial charge in [0.05, 0.1) is 5.60 Å². The summed E-state index contributed by atoms with van der Waals surface area (Å²) >= 11 is 0. The summed E-state index contributed by atoms with van der Waals surface area (Å²) in [6, 6.07) is 4.05. The van der Waals surface area contributed by atoms with Crippen LogP contribution in [-0.2, 0) is 0 Å². The molecule has 0 spiro atoms. The zero-order chi connectivity index (χ0) is 10.9. The third-order valence-electron chi connectivity index (χ3n) is 2.91. The molecule has 15 heavy (non-hydrogen) atoms. The topological polar surface area (TPSA) is 36.4 Å². The van der Waals surface area contributed by atoms with E-state index >= 15 is 0 Å². The second-order valence-corrected chi connectivity index (χ2v) is 4.52. The molecule has 3 heteroatoms. The highest BCUT2D eigenvalue weighted by atomic mass is 16.3. The van der Waals surface area contributed by atoms with Crippen molar-refractivity contribution in [2.24, 2.45) is 0 Å². The van der Waals surface area contributed by atoms with Crippen molar-refractivity contribution in [2.45, 2.75) is 32.3 Å². The van der Waals surface area contributed by atoms with Crippen molar-refractivity contribution in [3.05, 3.63) is 23.9 Å². The van der Waals surface area contributed by atoms with Crippen molar-refractivity contribution in [3.8, 4) is 0 Å². The molecule has 2 heterocycles. The van der Waals surface area contributed by atoms with Gasteiger partial charge in [-0.3, -0.25) is 0 Å². The van der Waals surface area contributed by atoms with Gasteiger partial charge in [0.15, 0.2) is 0 Å². The molecule has 0 aliphatic carbocycles. The van der Waals surface area contributed by atoms with E-state index < -0.39 is 5.60 Å². The van der Waals surface area contributed by atoms with Gasteiger partial charge in [0.25, 0.3) is 0 Å². The number of aromatic nitrogens is 1. The number of pyridine rings is 1. The second-order valence-electron chi connectivity index (χ2n) is 4.52. The SMILES string of the molecule is CCCC1(O)CN(c2cc(C)ccn2)C1. The zero-order valence-corrected chi connectivity index (χ0v) is 9.40. The van der Waals surface area contributed by atoms with Crippen molar-refractivity contribution in [2.75, 3.05) is 18.0 Å². The normalized spacial score (nSPS) is 18.7. The Balaban J connectivity index is 2.00. The fraction of sp³-hybridized carbons (Fsp3) is 0.583. The average Bonchev–Trinajstić information content (AvgIpc) is 2.14. The maximum atomic E-state index is 10.0. The smallest absolute Gasteiger partial charge is 0.128 e. The van der Waals surface area contributed by atoms with Crippen molar-refractivity contribution in [1.82, 2.24) is 4.98 Å². The molecule has 0 amide bonds. The molecule has 0 unspecified atom stereocenters. The molecule has 0 aromatic carbocycles. The van der Waals surface area contributed by atoms with Crippen LogP contribution >= 0.6 is 0 Å². The van der Waals surface area contributed by atoms with E-state index in [-0.39, 0.29) is 0 Å². The van der Waals surface area contributed by atoms with Gasteiger partial charge in [-0.2, -0.15) is 0 Å². The first-order valence-corrected chi connectivity index (χ1v) is 5.53. The fourth-order valence-electron chi connectivity index (χ4n) is 2.14. The highest BCUT2D eigenvalue weighted by molar-refractivity contribution is 5.45. The van der Waals surface area contributed by atoms with Crippen LogP contribution in [0.15, 0.2) is 18.3 Å². The van der Waals surface area contributed by atoms with Crippen LogP contribution < -0.4 is 4.90 Å². The number of anilines is 1. The van der Waals surface area contributed by atoms with Gasteiger partial charge in [0, 0.05) is 19.3 Å². The molecule has 0 radical (unpaired) electrons. The number of nitrogens with zero attached hydrogens (tertiary/aromatic N) is 2. The number of rotatable bonds is 3. The van der Waals surface area contributed by atoms with Gasteiger partial charge >= 0.3 is 0 Å². The second kappa shape index (κ2) is 3.81. The Morgan fingerprint density at radius 3 is 2.87 bits per heavy atom. The van der Waals surface area contributed by atoms with Crippen LogP contribution in [0.1, 0.15) is 25.3 Å². The van der Waals surface area contributed by atoms with Gasteiger partial charge in [-0.05, 0) is 31.0 Å². The number of hydrogen-bond acceptors (Lipinski definition) is 3. The van der Waals surface area contributed by atoms with E-state index in [9.17, 15) is 5.11 Å². The molecule has 1 aromatic rings. The third-order valence-corrected chi connectivity index (χ3v) is 2.91. The minimum Gasteiger partial charge on any atom is -0.386 e. The summed E-state index contributed by atoms with van der Waals surface area (Å²) in [6.45, 7) is 5.60. The summed E-state index contributed by atoms with van der Waals surface area (Å²) < 4.78 is 0. The molecule has 0 atom stereocenters. The maximum Gasteiger partial charge on any atom is 0.128 e. The Hall–Kier alpha value is -1.09. The van der Waals surface area contributed by atoms with Crippen LogP contribution in [0.5, 0.6) is 0 Å². The van der Waals surface area contributed by atoms with Gasteiger partial charge < -0.3 is 10.0 Å². The Morgan fingerprint density at radius 1 is 1.53 bits per heavy atom. The molecule has 1 aliphatic rings. The predicted octanol–water partition coefficient (Wildman–Crippen LogP) is 1.74. The molecular formula is C12H18N2O. The van der Waals surface area contributed by atoms with E-state index in [0.29, 0.717) is 0 Å². The van der Waals surface area contributed by atoms with E-state index in [1.165, 1.54) is 5.56 Å². The van der Waals surface area contributed by atoms with Gasteiger partial charge in [0.2, 0.25) is 0 Å². The van der Waals surface area contributed by atoms with Crippen molar-refractivity contribution in [1.29, 1.82) is 0 Å². The number of hydrogen-bond donors (Lipinski definition) is 1. The molecule has 0 bridgehead atoms. The van der Waals surface area contributed by atoms with Crippen LogP contribution in [0.3, 0.4) is 0 Å². The van der Waals surface area contributed by atoms with Crippen molar-refractivity contribution < 1.29 is 5.11 Å². The van der Waals surface area contributed by atoms with E-state index in [1.54, 1.807) is 0 Å². The van der Waals surface area contributed by atoms with Crippen LogP contribution in [-0.4, -0.2) is 28.8 Å². The monoisotopic (exact) mass is 206 g/mol. The minimum atomic E-state index is -0.472. The molecule has 3 nitrogen and oxygen atoms in total. The number of aryl methyl sites for hydroxylation is 1. The maximum absolute atomic E-state index is 10.0. The average molecular weight is 206 g/mol.